The van der Waals surface area contributed by atoms with E-state index in [-0.39, 0.29) is 5.91 Å². The first-order valence-corrected chi connectivity index (χ1v) is 7.21. The Morgan fingerprint density at radius 1 is 1.11 bits per heavy atom. The average Bonchev–Trinajstić information content (AvgIpc) is 2.46. The lowest BCUT2D eigenvalue weighted by Crippen LogP contribution is -2.17. The highest BCUT2D eigenvalue weighted by molar-refractivity contribution is 5.94. The zero-order valence-electron chi connectivity index (χ0n) is 11.8. The van der Waals surface area contributed by atoms with E-state index in [1.165, 1.54) is 32.1 Å². The molecule has 1 aromatic carbocycles. The van der Waals surface area contributed by atoms with Crippen molar-refractivity contribution in [2.75, 3.05) is 0 Å². The minimum Gasteiger partial charge on any atom is -0.267 e. The summed E-state index contributed by atoms with van der Waals surface area (Å²) in [5, 5.41) is 3.96. The van der Waals surface area contributed by atoms with Crippen LogP contribution >= 0.6 is 0 Å². The van der Waals surface area contributed by atoms with Gasteiger partial charge in [-0.1, -0.05) is 57.2 Å². The molecule has 0 spiro atoms. The van der Waals surface area contributed by atoms with Crippen LogP contribution in [0.25, 0.3) is 0 Å². The van der Waals surface area contributed by atoms with E-state index in [0.29, 0.717) is 5.56 Å². The number of hydrogen-bond donors (Lipinski definition) is 1. The van der Waals surface area contributed by atoms with Gasteiger partial charge in [-0.2, -0.15) is 5.10 Å². The van der Waals surface area contributed by atoms with Gasteiger partial charge >= 0.3 is 0 Å². The second-order valence-corrected chi connectivity index (χ2v) is 4.68. The molecular weight excluding hydrogens is 236 g/mol. The van der Waals surface area contributed by atoms with Crippen molar-refractivity contribution in [2.24, 2.45) is 5.10 Å². The van der Waals surface area contributed by atoms with Crippen LogP contribution in [0.15, 0.2) is 35.4 Å². The third-order valence-electron chi connectivity index (χ3n) is 2.98. The minimum absolute atomic E-state index is 0.153. The van der Waals surface area contributed by atoms with Crippen molar-refractivity contribution in [1.29, 1.82) is 0 Å². The lowest BCUT2D eigenvalue weighted by Gasteiger charge is -1.99. The van der Waals surface area contributed by atoms with Gasteiger partial charge in [0.1, 0.15) is 0 Å². The highest BCUT2D eigenvalue weighted by atomic mass is 16.2. The molecule has 0 heterocycles. The molecule has 0 bridgehead atoms. The van der Waals surface area contributed by atoms with Gasteiger partial charge in [0.2, 0.25) is 0 Å². The first kappa shape index (κ1) is 15.4. The zero-order valence-corrected chi connectivity index (χ0v) is 11.8. The number of hydrazone groups is 1. The van der Waals surface area contributed by atoms with E-state index in [0.717, 1.165) is 12.8 Å². The molecule has 0 fully saturated rings. The predicted octanol–water partition coefficient (Wildman–Crippen LogP) is 4.15. The summed E-state index contributed by atoms with van der Waals surface area (Å²) in [5.41, 5.74) is 3.18. The van der Waals surface area contributed by atoms with Gasteiger partial charge in [0.25, 0.3) is 5.91 Å². The number of unbranched alkanes of at least 4 members (excludes halogenated alkanes) is 6. The van der Waals surface area contributed by atoms with Crippen molar-refractivity contribution < 1.29 is 4.79 Å². The van der Waals surface area contributed by atoms with E-state index >= 15 is 0 Å². The molecule has 3 nitrogen and oxygen atoms in total. The Morgan fingerprint density at radius 3 is 2.53 bits per heavy atom. The molecule has 19 heavy (non-hydrogen) atoms. The molecule has 1 amide bonds. The van der Waals surface area contributed by atoms with Crippen LogP contribution in [0.2, 0.25) is 0 Å². The monoisotopic (exact) mass is 260 g/mol. The number of rotatable bonds is 9. The Morgan fingerprint density at radius 2 is 1.79 bits per heavy atom. The molecule has 0 aliphatic rings. The van der Waals surface area contributed by atoms with Crippen molar-refractivity contribution in [3.8, 4) is 0 Å². The van der Waals surface area contributed by atoms with Crippen molar-refractivity contribution in [3.63, 3.8) is 0 Å². The van der Waals surface area contributed by atoms with Crippen molar-refractivity contribution in [3.05, 3.63) is 35.9 Å². The van der Waals surface area contributed by atoms with Gasteiger partial charge in [-0.05, 0) is 25.0 Å². The maximum absolute atomic E-state index is 11.6. The van der Waals surface area contributed by atoms with Gasteiger partial charge in [0.15, 0.2) is 0 Å². The molecule has 0 unspecified atom stereocenters. The van der Waals surface area contributed by atoms with E-state index in [9.17, 15) is 4.79 Å². The topological polar surface area (TPSA) is 41.5 Å². The number of nitrogens with zero attached hydrogens (tertiary/aromatic N) is 1. The molecule has 0 atom stereocenters. The van der Waals surface area contributed by atoms with Gasteiger partial charge in [-0.3, -0.25) is 4.79 Å². The van der Waals surface area contributed by atoms with Gasteiger partial charge in [-0.15, -0.1) is 0 Å². The third kappa shape index (κ3) is 7.39. The number of carbonyl (C=O) groups excluding carboxylic acids is 1. The highest BCUT2D eigenvalue weighted by Gasteiger charge is 2.00. The van der Waals surface area contributed by atoms with Gasteiger partial charge in [0.05, 0.1) is 0 Å². The second-order valence-electron chi connectivity index (χ2n) is 4.68. The van der Waals surface area contributed by atoms with Crippen LogP contribution in [-0.2, 0) is 0 Å². The quantitative estimate of drug-likeness (QED) is 0.404. The molecule has 0 saturated carbocycles. The lowest BCUT2D eigenvalue weighted by atomic mass is 10.1. The summed E-state index contributed by atoms with van der Waals surface area (Å²) in [4.78, 5) is 11.6. The Bertz CT molecular complexity index is 374. The Kier molecular flexibility index (Phi) is 8.36. The van der Waals surface area contributed by atoms with Gasteiger partial charge < -0.3 is 0 Å². The summed E-state index contributed by atoms with van der Waals surface area (Å²) in [6.45, 7) is 2.22. The summed E-state index contributed by atoms with van der Waals surface area (Å²) in [6, 6.07) is 9.12. The molecule has 0 aliphatic carbocycles. The molecule has 0 aliphatic heterocycles. The Labute approximate surface area is 116 Å². The highest BCUT2D eigenvalue weighted by Crippen LogP contribution is 2.05. The van der Waals surface area contributed by atoms with Gasteiger partial charge in [-0.25, -0.2) is 5.43 Å². The summed E-state index contributed by atoms with van der Waals surface area (Å²) >= 11 is 0. The minimum atomic E-state index is -0.153. The normalized spacial score (nSPS) is 10.8. The number of amides is 1. The number of hydrogen-bond acceptors (Lipinski definition) is 2. The molecule has 0 aromatic heterocycles. The van der Waals surface area contributed by atoms with Crippen LogP contribution in [0.3, 0.4) is 0 Å². The largest absolute Gasteiger partial charge is 0.271 e. The van der Waals surface area contributed by atoms with Crippen LogP contribution in [0.4, 0.5) is 0 Å². The van der Waals surface area contributed by atoms with E-state index in [2.05, 4.69) is 17.5 Å². The number of nitrogens with one attached hydrogen (secondary N) is 1. The third-order valence-corrected chi connectivity index (χ3v) is 2.98. The zero-order chi connectivity index (χ0) is 13.8. The average molecular weight is 260 g/mol. The maximum atomic E-state index is 11.6. The summed E-state index contributed by atoms with van der Waals surface area (Å²) in [7, 11) is 0. The van der Waals surface area contributed by atoms with Crippen molar-refractivity contribution >= 4 is 12.1 Å². The van der Waals surface area contributed by atoms with Crippen molar-refractivity contribution in [2.45, 2.75) is 51.9 Å². The van der Waals surface area contributed by atoms with Crippen LogP contribution in [-0.4, -0.2) is 12.1 Å². The number of benzene rings is 1. The summed E-state index contributed by atoms with van der Waals surface area (Å²) < 4.78 is 0. The first-order chi connectivity index (χ1) is 9.34. The SMILES string of the molecule is CCCCCCCC/C=N\NC(=O)c1ccccc1. The molecule has 0 radical (unpaired) electrons. The maximum Gasteiger partial charge on any atom is 0.271 e. The van der Waals surface area contributed by atoms with E-state index in [4.69, 9.17) is 0 Å². The van der Waals surface area contributed by atoms with E-state index in [1.807, 2.05) is 18.2 Å². The summed E-state index contributed by atoms with van der Waals surface area (Å²) in [5.74, 6) is -0.153. The van der Waals surface area contributed by atoms with Gasteiger partial charge in [0, 0.05) is 11.8 Å². The lowest BCUT2D eigenvalue weighted by molar-refractivity contribution is 0.0955. The molecule has 0 saturated heterocycles. The second kappa shape index (κ2) is 10.3. The fraction of sp³-hybridized carbons (Fsp3) is 0.500. The molecule has 1 aromatic rings. The summed E-state index contributed by atoms with van der Waals surface area (Å²) in [6.07, 6.45) is 10.4. The van der Waals surface area contributed by atoms with Crippen LogP contribution in [0, 0.1) is 0 Å². The Balaban J connectivity index is 2.06. The van der Waals surface area contributed by atoms with E-state index in [1.54, 1.807) is 18.3 Å². The van der Waals surface area contributed by atoms with Crippen LogP contribution < -0.4 is 5.43 Å². The molecular formula is C16H24N2O. The molecule has 104 valence electrons. The van der Waals surface area contributed by atoms with Crippen LogP contribution in [0.1, 0.15) is 62.2 Å². The smallest absolute Gasteiger partial charge is 0.267 e. The molecule has 1 rings (SSSR count). The molecule has 1 N–H and O–H groups in total. The predicted molar refractivity (Wildman–Crippen MR) is 80.4 cm³/mol. The fourth-order valence-corrected chi connectivity index (χ4v) is 1.84. The Hall–Kier alpha value is -1.64. The fourth-order valence-electron chi connectivity index (χ4n) is 1.84. The number of carbonyl (C=O) groups is 1. The van der Waals surface area contributed by atoms with E-state index < -0.39 is 0 Å². The van der Waals surface area contributed by atoms with Crippen molar-refractivity contribution in [1.82, 2.24) is 5.43 Å². The molecule has 3 heteroatoms. The first-order valence-electron chi connectivity index (χ1n) is 7.21. The standard InChI is InChI=1S/C16H24N2O/c1-2-3-4-5-6-7-11-14-17-18-16(19)15-12-9-8-10-13-15/h8-10,12-14H,2-7,11H2,1H3,(H,18,19)/b17-14-. The van der Waals surface area contributed by atoms with Crippen LogP contribution in [0.5, 0.6) is 0 Å².